The van der Waals surface area contributed by atoms with E-state index in [2.05, 4.69) is 68.1 Å². The minimum Gasteiger partial charge on any atom is -0.294 e. The summed E-state index contributed by atoms with van der Waals surface area (Å²) in [6.07, 6.45) is 3.14. The van der Waals surface area contributed by atoms with E-state index in [-0.39, 0.29) is 11.9 Å². The molecule has 146 valence electrons. The molecule has 1 fully saturated rings. The highest BCUT2D eigenvalue weighted by Gasteiger charge is 2.34. The second-order valence-corrected chi connectivity index (χ2v) is 8.22. The van der Waals surface area contributed by atoms with E-state index in [4.69, 9.17) is 5.10 Å². The van der Waals surface area contributed by atoms with Crippen molar-refractivity contribution in [3.8, 4) is 0 Å². The molecule has 0 spiro atoms. The number of aryl methyl sites for hydroxylation is 3. The van der Waals surface area contributed by atoms with Gasteiger partial charge >= 0.3 is 0 Å². The van der Waals surface area contributed by atoms with Gasteiger partial charge in [0.1, 0.15) is 0 Å². The van der Waals surface area contributed by atoms with Crippen molar-refractivity contribution >= 4 is 11.6 Å². The molecule has 1 atom stereocenters. The maximum atomic E-state index is 13.1. The van der Waals surface area contributed by atoms with E-state index in [1.54, 1.807) is 5.01 Å². The Balaban J connectivity index is 1.64. The number of amides is 1. The van der Waals surface area contributed by atoms with E-state index in [0.717, 1.165) is 36.3 Å². The predicted molar refractivity (Wildman–Crippen MR) is 114 cm³/mol. The van der Waals surface area contributed by atoms with Crippen LogP contribution in [0, 0.1) is 20.8 Å². The monoisotopic (exact) mass is 375 g/mol. The predicted octanol–water partition coefficient (Wildman–Crippen LogP) is 4.39. The number of rotatable bonds is 4. The molecular formula is C24H29N3O. The second kappa shape index (κ2) is 7.88. The van der Waals surface area contributed by atoms with Crippen LogP contribution in [0.1, 0.15) is 53.1 Å². The van der Waals surface area contributed by atoms with Crippen molar-refractivity contribution in [2.24, 2.45) is 5.10 Å². The lowest BCUT2D eigenvalue weighted by atomic mass is 9.95. The molecule has 2 aromatic rings. The molecule has 0 radical (unpaired) electrons. The van der Waals surface area contributed by atoms with Gasteiger partial charge in [0.2, 0.25) is 0 Å². The van der Waals surface area contributed by atoms with Crippen LogP contribution in [0.5, 0.6) is 0 Å². The SMILES string of the molecule is Cc1ccc([C@H]2CC(c3ccc(C)cc3C)=NN2C(=O)CN2CCCC2)cc1. The first-order valence-electron chi connectivity index (χ1n) is 10.3. The van der Waals surface area contributed by atoms with E-state index in [1.165, 1.54) is 29.5 Å². The number of hydrazone groups is 1. The van der Waals surface area contributed by atoms with Crippen LogP contribution in [-0.4, -0.2) is 41.2 Å². The molecule has 4 heteroatoms. The van der Waals surface area contributed by atoms with Crippen LogP contribution in [0.15, 0.2) is 47.6 Å². The first-order valence-corrected chi connectivity index (χ1v) is 10.3. The Kier molecular flexibility index (Phi) is 5.31. The standard InChI is InChI=1S/C24H29N3O/c1-17-6-9-20(10-7-17)23-15-22(21-11-8-18(2)14-19(21)3)25-27(23)24(28)16-26-12-4-5-13-26/h6-11,14,23H,4-5,12-13,15-16H2,1-3H3/t23-/m1/s1. The molecule has 2 aliphatic heterocycles. The van der Waals surface area contributed by atoms with Crippen LogP contribution in [0.2, 0.25) is 0 Å². The summed E-state index contributed by atoms with van der Waals surface area (Å²) in [5, 5.41) is 6.59. The van der Waals surface area contributed by atoms with E-state index in [9.17, 15) is 4.79 Å². The molecule has 0 bridgehead atoms. The number of carbonyl (C=O) groups excluding carboxylic acids is 1. The number of carbonyl (C=O) groups is 1. The number of benzene rings is 2. The number of hydrogen-bond acceptors (Lipinski definition) is 3. The van der Waals surface area contributed by atoms with Crippen LogP contribution in [0.4, 0.5) is 0 Å². The van der Waals surface area contributed by atoms with Crippen LogP contribution in [0.3, 0.4) is 0 Å². The quantitative estimate of drug-likeness (QED) is 0.795. The zero-order chi connectivity index (χ0) is 19.7. The minimum atomic E-state index is -0.0218. The van der Waals surface area contributed by atoms with Crippen molar-refractivity contribution in [1.82, 2.24) is 9.91 Å². The van der Waals surface area contributed by atoms with Gasteiger partial charge in [-0.2, -0.15) is 5.10 Å². The lowest BCUT2D eigenvalue weighted by molar-refractivity contribution is -0.134. The fourth-order valence-electron chi connectivity index (χ4n) is 4.29. The minimum absolute atomic E-state index is 0.0218. The highest BCUT2D eigenvalue weighted by atomic mass is 16.2. The average Bonchev–Trinajstić information content (AvgIpc) is 3.32. The Morgan fingerprint density at radius 3 is 2.36 bits per heavy atom. The van der Waals surface area contributed by atoms with Gasteiger partial charge in [0, 0.05) is 12.0 Å². The summed E-state index contributed by atoms with van der Waals surface area (Å²) in [6, 6.07) is 14.9. The molecule has 2 aliphatic rings. The lowest BCUT2D eigenvalue weighted by Gasteiger charge is -2.24. The first kappa shape index (κ1) is 18.9. The van der Waals surface area contributed by atoms with Crippen LogP contribution in [-0.2, 0) is 4.79 Å². The Labute approximate surface area is 167 Å². The van der Waals surface area contributed by atoms with Crippen LogP contribution >= 0.6 is 0 Å². The Hall–Kier alpha value is -2.46. The van der Waals surface area contributed by atoms with E-state index in [0.29, 0.717) is 6.54 Å². The third-order valence-corrected chi connectivity index (χ3v) is 5.88. The molecule has 2 aromatic carbocycles. The maximum Gasteiger partial charge on any atom is 0.257 e. The third-order valence-electron chi connectivity index (χ3n) is 5.88. The van der Waals surface area contributed by atoms with Gasteiger partial charge in [-0.1, -0.05) is 53.6 Å². The van der Waals surface area contributed by atoms with Gasteiger partial charge in [0.25, 0.3) is 5.91 Å². The highest BCUT2D eigenvalue weighted by Crippen LogP contribution is 2.34. The van der Waals surface area contributed by atoms with Crippen molar-refractivity contribution in [2.75, 3.05) is 19.6 Å². The zero-order valence-corrected chi connectivity index (χ0v) is 17.1. The van der Waals surface area contributed by atoms with Gasteiger partial charge in [-0.15, -0.1) is 0 Å². The van der Waals surface area contributed by atoms with Crippen LogP contribution in [0.25, 0.3) is 0 Å². The van der Waals surface area contributed by atoms with Crippen molar-refractivity contribution in [3.63, 3.8) is 0 Å². The molecule has 0 N–H and O–H groups in total. The molecule has 4 rings (SSSR count). The zero-order valence-electron chi connectivity index (χ0n) is 17.1. The van der Waals surface area contributed by atoms with Gasteiger partial charge in [0.05, 0.1) is 18.3 Å². The fourth-order valence-corrected chi connectivity index (χ4v) is 4.29. The molecule has 4 nitrogen and oxygen atoms in total. The normalized spacial score (nSPS) is 19.9. The largest absolute Gasteiger partial charge is 0.294 e. The molecule has 28 heavy (non-hydrogen) atoms. The summed E-state index contributed by atoms with van der Waals surface area (Å²) in [5.41, 5.74) is 7.01. The molecule has 0 aromatic heterocycles. The van der Waals surface area contributed by atoms with E-state index in [1.807, 2.05) is 0 Å². The van der Waals surface area contributed by atoms with E-state index < -0.39 is 0 Å². The summed E-state index contributed by atoms with van der Waals surface area (Å²) in [5.74, 6) is 0.104. The molecule has 0 aliphatic carbocycles. The van der Waals surface area contributed by atoms with Gasteiger partial charge in [-0.3, -0.25) is 9.69 Å². The van der Waals surface area contributed by atoms with Crippen molar-refractivity contribution in [1.29, 1.82) is 0 Å². The van der Waals surface area contributed by atoms with E-state index >= 15 is 0 Å². The summed E-state index contributed by atoms with van der Waals surface area (Å²) >= 11 is 0. The van der Waals surface area contributed by atoms with Crippen molar-refractivity contribution in [2.45, 2.75) is 46.1 Å². The first-order chi connectivity index (χ1) is 13.5. The average molecular weight is 376 g/mol. The van der Waals surface area contributed by atoms with Gasteiger partial charge in [-0.25, -0.2) is 5.01 Å². The van der Waals surface area contributed by atoms with Crippen LogP contribution < -0.4 is 0 Å². The lowest BCUT2D eigenvalue weighted by Crippen LogP contribution is -2.36. The summed E-state index contributed by atoms with van der Waals surface area (Å²) in [7, 11) is 0. The van der Waals surface area contributed by atoms with Gasteiger partial charge in [0.15, 0.2) is 0 Å². The summed E-state index contributed by atoms with van der Waals surface area (Å²) in [4.78, 5) is 15.4. The Bertz CT molecular complexity index is 895. The fraction of sp³-hybridized carbons (Fsp3) is 0.417. The van der Waals surface area contributed by atoms with Crippen molar-refractivity contribution in [3.05, 3.63) is 70.3 Å². The molecule has 0 unspecified atom stereocenters. The number of hydrogen-bond donors (Lipinski definition) is 0. The maximum absolute atomic E-state index is 13.1. The topological polar surface area (TPSA) is 35.9 Å². The van der Waals surface area contributed by atoms with Crippen molar-refractivity contribution < 1.29 is 4.79 Å². The smallest absolute Gasteiger partial charge is 0.257 e. The third kappa shape index (κ3) is 3.88. The van der Waals surface area contributed by atoms with Gasteiger partial charge in [-0.05, 0) is 57.8 Å². The second-order valence-electron chi connectivity index (χ2n) is 8.22. The highest BCUT2D eigenvalue weighted by molar-refractivity contribution is 6.04. The molecule has 2 heterocycles. The molecule has 1 amide bonds. The Morgan fingerprint density at radius 2 is 1.68 bits per heavy atom. The summed E-state index contributed by atoms with van der Waals surface area (Å²) < 4.78 is 0. The Morgan fingerprint density at radius 1 is 1.00 bits per heavy atom. The summed E-state index contributed by atoms with van der Waals surface area (Å²) in [6.45, 7) is 8.82. The van der Waals surface area contributed by atoms with Gasteiger partial charge < -0.3 is 0 Å². The number of likely N-dealkylation sites (tertiary alicyclic amines) is 1. The number of nitrogens with zero attached hydrogens (tertiary/aromatic N) is 3. The molecule has 0 saturated carbocycles. The molecule has 1 saturated heterocycles. The molecular weight excluding hydrogens is 346 g/mol.